The summed E-state index contributed by atoms with van der Waals surface area (Å²) in [5, 5.41) is 20.4. The summed E-state index contributed by atoms with van der Waals surface area (Å²) < 4.78 is 0.456. The molecule has 3 aromatic rings. The molecule has 5 nitrogen and oxygen atoms in total. The van der Waals surface area contributed by atoms with Gasteiger partial charge in [-0.15, -0.1) is 4.73 Å². The van der Waals surface area contributed by atoms with E-state index in [1.165, 1.54) is 6.20 Å². The van der Waals surface area contributed by atoms with Crippen molar-refractivity contribution in [3.63, 3.8) is 0 Å². The predicted molar refractivity (Wildman–Crippen MR) is 70.3 cm³/mol. The summed E-state index contributed by atoms with van der Waals surface area (Å²) in [6.45, 7) is 0. The van der Waals surface area contributed by atoms with Crippen LogP contribution in [0.2, 0.25) is 0 Å². The lowest BCUT2D eigenvalue weighted by molar-refractivity contribution is 0.186. The van der Waals surface area contributed by atoms with Crippen molar-refractivity contribution in [1.29, 1.82) is 0 Å². The van der Waals surface area contributed by atoms with E-state index in [9.17, 15) is 15.1 Å². The van der Waals surface area contributed by atoms with E-state index in [0.29, 0.717) is 15.7 Å². The van der Waals surface area contributed by atoms with Gasteiger partial charge in [-0.05, 0) is 17.7 Å². The van der Waals surface area contributed by atoms with Gasteiger partial charge in [0.05, 0.1) is 10.9 Å². The third-order valence-electron chi connectivity index (χ3n) is 2.95. The van der Waals surface area contributed by atoms with Crippen molar-refractivity contribution in [2.45, 2.75) is 0 Å². The Morgan fingerprint density at radius 2 is 1.79 bits per heavy atom. The van der Waals surface area contributed by atoms with Crippen LogP contribution < -0.4 is 5.56 Å². The standard InChI is InChI=1S/C14H10N2O3/c17-12-10-7-4-8-15-13(10)16(19)14(18)11(12)9-5-2-1-3-6-9/h1-8,17,19H. The molecular weight excluding hydrogens is 244 g/mol. The van der Waals surface area contributed by atoms with Gasteiger partial charge in [0.1, 0.15) is 5.75 Å². The summed E-state index contributed by atoms with van der Waals surface area (Å²) in [5.74, 6) is -0.176. The number of aromatic hydroxyl groups is 1. The van der Waals surface area contributed by atoms with Crippen molar-refractivity contribution in [2.24, 2.45) is 0 Å². The number of benzene rings is 1. The average molecular weight is 254 g/mol. The molecule has 0 bridgehead atoms. The van der Waals surface area contributed by atoms with Crippen LogP contribution in [0.1, 0.15) is 0 Å². The Hall–Kier alpha value is -2.82. The van der Waals surface area contributed by atoms with E-state index < -0.39 is 5.56 Å². The number of fused-ring (bicyclic) bond motifs is 1. The van der Waals surface area contributed by atoms with Gasteiger partial charge in [-0.25, -0.2) is 4.98 Å². The first-order chi connectivity index (χ1) is 9.20. The maximum absolute atomic E-state index is 12.1. The zero-order valence-electron chi connectivity index (χ0n) is 9.82. The van der Waals surface area contributed by atoms with E-state index in [-0.39, 0.29) is 17.0 Å². The van der Waals surface area contributed by atoms with Gasteiger partial charge in [-0.1, -0.05) is 30.3 Å². The minimum atomic E-state index is -0.699. The number of pyridine rings is 2. The van der Waals surface area contributed by atoms with Crippen molar-refractivity contribution in [1.82, 2.24) is 9.71 Å². The van der Waals surface area contributed by atoms with Crippen molar-refractivity contribution in [2.75, 3.05) is 0 Å². The highest BCUT2D eigenvalue weighted by Gasteiger charge is 2.17. The maximum atomic E-state index is 12.1. The van der Waals surface area contributed by atoms with Crippen molar-refractivity contribution in [3.05, 3.63) is 59.0 Å². The predicted octanol–water partition coefficient (Wildman–Crippen LogP) is 2.01. The lowest BCUT2D eigenvalue weighted by atomic mass is 10.0. The van der Waals surface area contributed by atoms with Gasteiger partial charge >= 0.3 is 0 Å². The first kappa shape index (κ1) is 11.3. The van der Waals surface area contributed by atoms with Crippen LogP contribution in [0.15, 0.2) is 53.5 Å². The molecule has 0 aliphatic carbocycles. The van der Waals surface area contributed by atoms with Gasteiger partial charge in [0.2, 0.25) is 0 Å². The largest absolute Gasteiger partial charge is 0.506 e. The Bertz CT molecular complexity index is 810. The molecule has 2 aromatic heterocycles. The fourth-order valence-corrected chi connectivity index (χ4v) is 2.05. The van der Waals surface area contributed by atoms with Crippen LogP contribution in [-0.2, 0) is 0 Å². The number of rotatable bonds is 1. The molecule has 0 amide bonds. The molecule has 1 aromatic carbocycles. The normalized spacial score (nSPS) is 10.7. The average Bonchev–Trinajstić information content (AvgIpc) is 2.46. The molecular formula is C14H10N2O3. The molecule has 5 heteroatoms. The molecule has 2 N–H and O–H groups in total. The van der Waals surface area contributed by atoms with Crippen LogP contribution in [-0.4, -0.2) is 20.0 Å². The highest BCUT2D eigenvalue weighted by atomic mass is 16.5. The highest BCUT2D eigenvalue weighted by molar-refractivity contribution is 5.89. The Balaban J connectivity index is 2.48. The minimum absolute atomic E-state index is 0.0321. The smallest absolute Gasteiger partial charge is 0.296 e. The maximum Gasteiger partial charge on any atom is 0.296 e. The third kappa shape index (κ3) is 1.63. The van der Waals surface area contributed by atoms with Gasteiger partial charge in [0.15, 0.2) is 5.65 Å². The molecule has 0 spiro atoms. The second-order valence-corrected chi connectivity index (χ2v) is 4.08. The molecule has 0 atom stereocenters. The second-order valence-electron chi connectivity index (χ2n) is 4.08. The monoisotopic (exact) mass is 254 g/mol. The van der Waals surface area contributed by atoms with E-state index in [0.717, 1.165) is 0 Å². The van der Waals surface area contributed by atoms with Crippen molar-refractivity contribution < 1.29 is 10.3 Å². The Morgan fingerprint density at radius 3 is 2.53 bits per heavy atom. The van der Waals surface area contributed by atoms with Crippen LogP contribution in [0.25, 0.3) is 22.2 Å². The molecule has 3 rings (SSSR count). The number of nitrogens with zero attached hydrogens (tertiary/aromatic N) is 2. The van der Waals surface area contributed by atoms with E-state index >= 15 is 0 Å². The molecule has 0 saturated carbocycles. The van der Waals surface area contributed by atoms with Gasteiger partial charge in [0, 0.05) is 6.20 Å². The Labute approximate surface area is 108 Å². The molecule has 0 aliphatic heterocycles. The first-order valence-electron chi connectivity index (χ1n) is 5.67. The minimum Gasteiger partial charge on any atom is -0.506 e. The van der Waals surface area contributed by atoms with E-state index in [1.807, 2.05) is 0 Å². The lowest BCUT2D eigenvalue weighted by Crippen LogP contribution is -2.20. The molecule has 0 saturated heterocycles. The van der Waals surface area contributed by atoms with E-state index in [1.54, 1.807) is 42.5 Å². The summed E-state index contributed by atoms with van der Waals surface area (Å²) in [7, 11) is 0. The molecule has 2 heterocycles. The zero-order valence-corrected chi connectivity index (χ0v) is 9.82. The van der Waals surface area contributed by atoms with Gasteiger partial charge in [-0.3, -0.25) is 4.79 Å². The SMILES string of the molecule is O=c1c(-c2ccccc2)c(O)c2cccnc2n1O. The summed E-state index contributed by atoms with van der Waals surface area (Å²) in [6, 6.07) is 11.9. The number of hydrogen-bond acceptors (Lipinski definition) is 4. The van der Waals surface area contributed by atoms with Crippen LogP contribution in [0, 0.1) is 0 Å². The van der Waals surface area contributed by atoms with Crippen LogP contribution >= 0.6 is 0 Å². The fraction of sp³-hybridized carbons (Fsp3) is 0. The van der Waals surface area contributed by atoms with Gasteiger partial charge in [-0.2, -0.15) is 0 Å². The zero-order chi connectivity index (χ0) is 13.4. The number of aromatic nitrogens is 2. The van der Waals surface area contributed by atoms with Crippen LogP contribution in [0.4, 0.5) is 0 Å². The van der Waals surface area contributed by atoms with E-state index in [2.05, 4.69) is 4.98 Å². The first-order valence-corrected chi connectivity index (χ1v) is 5.67. The molecule has 94 valence electrons. The van der Waals surface area contributed by atoms with Crippen LogP contribution in [0.3, 0.4) is 0 Å². The Morgan fingerprint density at radius 1 is 1.05 bits per heavy atom. The fourth-order valence-electron chi connectivity index (χ4n) is 2.05. The quantitative estimate of drug-likeness (QED) is 0.651. The topological polar surface area (TPSA) is 75.3 Å². The van der Waals surface area contributed by atoms with Crippen molar-refractivity contribution in [3.8, 4) is 16.9 Å². The lowest BCUT2D eigenvalue weighted by Gasteiger charge is -2.09. The second kappa shape index (κ2) is 4.13. The summed E-state index contributed by atoms with van der Waals surface area (Å²) >= 11 is 0. The summed E-state index contributed by atoms with van der Waals surface area (Å²) in [6.07, 6.45) is 1.44. The molecule has 19 heavy (non-hydrogen) atoms. The molecule has 0 unspecified atom stereocenters. The molecule has 0 radical (unpaired) electrons. The highest BCUT2D eigenvalue weighted by Crippen LogP contribution is 2.31. The van der Waals surface area contributed by atoms with Gasteiger partial charge in [0.25, 0.3) is 5.56 Å². The molecule has 0 fully saturated rings. The third-order valence-corrected chi connectivity index (χ3v) is 2.95. The summed E-state index contributed by atoms with van der Waals surface area (Å²) in [4.78, 5) is 16.0. The Kier molecular flexibility index (Phi) is 2.45. The summed E-state index contributed by atoms with van der Waals surface area (Å²) in [5.41, 5.74) is -0.0678. The number of hydrogen-bond donors (Lipinski definition) is 2. The van der Waals surface area contributed by atoms with Crippen molar-refractivity contribution >= 4 is 11.0 Å². The van der Waals surface area contributed by atoms with Crippen LogP contribution in [0.5, 0.6) is 5.75 Å². The molecule has 0 aliphatic rings. The van der Waals surface area contributed by atoms with E-state index in [4.69, 9.17) is 0 Å². The van der Waals surface area contributed by atoms with Gasteiger partial charge < -0.3 is 10.3 Å².